The molecule has 1 amide bonds. The first kappa shape index (κ1) is 22.0. The molecular weight excluding hydrogens is 411 g/mol. The van der Waals surface area contributed by atoms with E-state index < -0.39 is 0 Å². The number of carbonyl (C=O) groups is 1. The molecule has 0 saturated carbocycles. The van der Waals surface area contributed by atoms with Gasteiger partial charge in [-0.1, -0.05) is 17.3 Å². The van der Waals surface area contributed by atoms with Gasteiger partial charge in [0.15, 0.2) is 0 Å². The highest BCUT2D eigenvalue weighted by Crippen LogP contribution is 2.24. The van der Waals surface area contributed by atoms with Gasteiger partial charge in [-0.15, -0.1) is 0 Å². The van der Waals surface area contributed by atoms with Crippen molar-refractivity contribution in [3.63, 3.8) is 0 Å². The molecule has 1 aliphatic rings. The van der Waals surface area contributed by atoms with Gasteiger partial charge < -0.3 is 9.42 Å². The number of hydrogen-bond acceptors (Lipinski definition) is 7. The Bertz CT molecular complexity index is 1030. The fourth-order valence-electron chi connectivity index (χ4n) is 3.83. The zero-order valence-corrected chi connectivity index (χ0v) is 18.0. The number of nitrogens with one attached hydrogen (secondary N) is 2. The molecule has 1 fully saturated rings. The van der Waals surface area contributed by atoms with E-state index in [2.05, 4.69) is 26.0 Å². The van der Waals surface area contributed by atoms with E-state index in [1.54, 1.807) is 29.4 Å². The smallest absolute Gasteiger partial charge is 0.227 e. The van der Waals surface area contributed by atoms with E-state index in [9.17, 15) is 9.18 Å². The third kappa shape index (κ3) is 5.74. The fraction of sp³-hybridized carbons (Fsp3) is 0.391. The molecular formula is C23H27FN6O2. The van der Waals surface area contributed by atoms with Crippen LogP contribution in [0.15, 0.2) is 53.3 Å². The average molecular weight is 439 g/mol. The molecule has 3 heterocycles. The van der Waals surface area contributed by atoms with E-state index in [0.717, 1.165) is 30.4 Å². The maximum atomic E-state index is 13.4. The number of rotatable bonds is 9. The lowest BCUT2D eigenvalue weighted by Crippen LogP contribution is -2.32. The lowest BCUT2D eigenvalue weighted by atomic mass is 9.99. The number of carbonyl (C=O) groups excluding carboxylic acids is 1. The van der Waals surface area contributed by atoms with Crippen LogP contribution >= 0.6 is 0 Å². The second-order valence-corrected chi connectivity index (χ2v) is 8.03. The van der Waals surface area contributed by atoms with Crippen molar-refractivity contribution in [3.8, 4) is 11.4 Å². The van der Waals surface area contributed by atoms with Gasteiger partial charge in [0.1, 0.15) is 5.82 Å². The van der Waals surface area contributed by atoms with Gasteiger partial charge in [-0.3, -0.25) is 20.6 Å². The summed E-state index contributed by atoms with van der Waals surface area (Å²) in [6.07, 6.45) is 6.76. The maximum absolute atomic E-state index is 13.4. The molecule has 32 heavy (non-hydrogen) atoms. The largest absolute Gasteiger partial charge is 0.346 e. The molecule has 4 rings (SSSR count). The Hall–Kier alpha value is -3.17. The molecule has 0 bridgehead atoms. The van der Waals surface area contributed by atoms with Crippen molar-refractivity contribution in [2.75, 3.05) is 13.6 Å². The van der Waals surface area contributed by atoms with Crippen molar-refractivity contribution in [3.05, 3.63) is 66.1 Å². The Labute approximate surface area is 186 Å². The summed E-state index contributed by atoms with van der Waals surface area (Å²) in [7, 11) is 1.81. The van der Waals surface area contributed by atoms with Crippen molar-refractivity contribution in [1.29, 1.82) is 0 Å². The van der Waals surface area contributed by atoms with Crippen molar-refractivity contribution in [1.82, 2.24) is 30.9 Å². The second kappa shape index (κ2) is 10.4. The van der Waals surface area contributed by atoms with Crippen LogP contribution in [0.3, 0.4) is 0 Å². The second-order valence-electron chi connectivity index (χ2n) is 8.03. The Morgan fingerprint density at radius 2 is 2.09 bits per heavy atom. The predicted molar refractivity (Wildman–Crippen MR) is 117 cm³/mol. The van der Waals surface area contributed by atoms with E-state index >= 15 is 0 Å². The number of nitrogens with zero attached hydrogens (tertiary/aromatic N) is 4. The minimum Gasteiger partial charge on any atom is -0.346 e. The molecule has 8 nitrogen and oxygen atoms in total. The first-order valence-corrected chi connectivity index (χ1v) is 10.8. The van der Waals surface area contributed by atoms with E-state index in [1.165, 1.54) is 6.07 Å². The summed E-state index contributed by atoms with van der Waals surface area (Å²) in [5, 5.41) is 3.96. The summed E-state index contributed by atoms with van der Waals surface area (Å²) < 4.78 is 18.7. The third-order valence-corrected chi connectivity index (χ3v) is 5.66. The van der Waals surface area contributed by atoms with E-state index in [1.807, 2.05) is 25.2 Å². The molecule has 3 aromatic rings. The van der Waals surface area contributed by atoms with Crippen LogP contribution in [0.4, 0.5) is 4.39 Å². The van der Waals surface area contributed by atoms with Crippen LogP contribution in [-0.2, 0) is 11.2 Å². The normalized spacial score (nSPS) is 18.1. The molecule has 2 atom stereocenters. The van der Waals surface area contributed by atoms with Crippen molar-refractivity contribution >= 4 is 5.91 Å². The van der Waals surface area contributed by atoms with Crippen molar-refractivity contribution in [2.45, 2.75) is 44.2 Å². The first-order chi connectivity index (χ1) is 15.6. The lowest BCUT2D eigenvalue weighted by molar-refractivity contribution is -0.130. The number of amides is 1. The van der Waals surface area contributed by atoms with Gasteiger partial charge in [-0.05, 0) is 49.1 Å². The molecule has 9 heteroatoms. The Balaban J connectivity index is 1.16. The molecule has 2 unspecified atom stereocenters. The van der Waals surface area contributed by atoms with Gasteiger partial charge in [0.25, 0.3) is 0 Å². The summed E-state index contributed by atoms with van der Waals surface area (Å²) in [6.45, 7) is 0.674. The van der Waals surface area contributed by atoms with Gasteiger partial charge in [-0.25, -0.2) is 4.39 Å². The van der Waals surface area contributed by atoms with E-state index in [4.69, 9.17) is 4.52 Å². The van der Waals surface area contributed by atoms with Crippen LogP contribution in [0.5, 0.6) is 0 Å². The molecule has 0 spiro atoms. The minimum absolute atomic E-state index is 0.0452. The molecule has 1 saturated heterocycles. The van der Waals surface area contributed by atoms with Crippen LogP contribution < -0.4 is 10.9 Å². The summed E-state index contributed by atoms with van der Waals surface area (Å²) in [5.41, 5.74) is 8.29. The topological polar surface area (TPSA) is 96.2 Å². The SMILES string of the molecule is CN(CCCC1CC(c2cccc(F)c2)NN1)C(=O)CCc1nc(-c2ccncc2)no1. The minimum atomic E-state index is -0.220. The van der Waals surface area contributed by atoms with Gasteiger partial charge >= 0.3 is 0 Å². The van der Waals surface area contributed by atoms with Gasteiger partial charge in [0, 0.05) is 56.5 Å². The summed E-state index contributed by atoms with van der Waals surface area (Å²) in [4.78, 5) is 22.5. The zero-order chi connectivity index (χ0) is 22.3. The number of hydrazine groups is 1. The first-order valence-electron chi connectivity index (χ1n) is 10.8. The number of hydrogen-bond donors (Lipinski definition) is 2. The van der Waals surface area contributed by atoms with Crippen LogP contribution in [0.25, 0.3) is 11.4 Å². The van der Waals surface area contributed by atoms with Gasteiger partial charge in [-0.2, -0.15) is 4.98 Å². The zero-order valence-electron chi connectivity index (χ0n) is 18.0. The number of aryl methyl sites for hydroxylation is 1. The predicted octanol–water partition coefficient (Wildman–Crippen LogP) is 3.05. The highest BCUT2D eigenvalue weighted by Gasteiger charge is 2.25. The van der Waals surface area contributed by atoms with Crippen LogP contribution in [-0.4, -0.2) is 45.6 Å². The van der Waals surface area contributed by atoms with Crippen molar-refractivity contribution < 1.29 is 13.7 Å². The molecule has 0 aliphatic carbocycles. The monoisotopic (exact) mass is 438 g/mol. The number of benzene rings is 1. The number of aromatic nitrogens is 3. The standard InChI is InChI=1S/C23H27FN6O2/c1-30(13-3-6-19-15-20(28-27-19)17-4-2-5-18(24)14-17)22(31)8-7-21-26-23(29-32-21)16-9-11-25-12-10-16/h2,4-5,9-12,14,19-20,27-28H,3,6-8,13,15H2,1H3. The Morgan fingerprint density at radius 3 is 2.91 bits per heavy atom. The molecule has 1 aromatic carbocycles. The fourth-order valence-corrected chi connectivity index (χ4v) is 3.83. The average Bonchev–Trinajstić information content (AvgIpc) is 3.48. The highest BCUT2D eigenvalue weighted by atomic mass is 19.1. The van der Waals surface area contributed by atoms with Crippen molar-refractivity contribution in [2.24, 2.45) is 0 Å². The van der Waals surface area contributed by atoms with Gasteiger partial charge in [0.05, 0.1) is 0 Å². The van der Waals surface area contributed by atoms with Crippen LogP contribution in [0.1, 0.15) is 43.2 Å². The van der Waals surface area contributed by atoms with Crippen LogP contribution in [0.2, 0.25) is 0 Å². The number of pyridine rings is 1. The van der Waals surface area contributed by atoms with E-state index in [0.29, 0.717) is 31.1 Å². The molecule has 2 N–H and O–H groups in total. The van der Waals surface area contributed by atoms with E-state index in [-0.39, 0.29) is 23.8 Å². The quantitative estimate of drug-likeness (QED) is 0.530. The number of halogens is 1. The highest BCUT2D eigenvalue weighted by molar-refractivity contribution is 5.76. The Morgan fingerprint density at radius 1 is 1.25 bits per heavy atom. The molecule has 1 aliphatic heterocycles. The third-order valence-electron chi connectivity index (χ3n) is 5.66. The lowest BCUT2D eigenvalue weighted by Gasteiger charge is -2.18. The van der Waals surface area contributed by atoms with Gasteiger partial charge in [0.2, 0.25) is 17.6 Å². The molecule has 2 aromatic heterocycles. The molecule has 0 radical (unpaired) electrons. The van der Waals surface area contributed by atoms with Crippen LogP contribution in [0, 0.1) is 5.82 Å². The Kier molecular flexibility index (Phi) is 7.18. The summed E-state index contributed by atoms with van der Waals surface area (Å²) in [6, 6.07) is 10.7. The maximum Gasteiger partial charge on any atom is 0.227 e. The summed E-state index contributed by atoms with van der Waals surface area (Å²) in [5.74, 6) is 0.770. The molecule has 168 valence electrons. The summed E-state index contributed by atoms with van der Waals surface area (Å²) >= 11 is 0.